The van der Waals surface area contributed by atoms with Crippen LogP contribution in [0.15, 0.2) is 35.4 Å². The summed E-state index contributed by atoms with van der Waals surface area (Å²) in [4.78, 5) is 37.5. The van der Waals surface area contributed by atoms with Crippen molar-refractivity contribution in [1.82, 2.24) is 19.4 Å². The van der Waals surface area contributed by atoms with Crippen LogP contribution >= 0.6 is 0 Å². The van der Waals surface area contributed by atoms with Crippen molar-refractivity contribution in [2.75, 3.05) is 25.1 Å². The molecule has 8 nitrogen and oxygen atoms in total. The van der Waals surface area contributed by atoms with E-state index in [2.05, 4.69) is 9.88 Å². The summed E-state index contributed by atoms with van der Waals surface area (Å²) in [7, 11) is 3.17. The zero-order valence-corrected chi connectivity index (χ0v) is 15.3. The maximum absolute atomic E-state index is 12.6. The minimum Gasteiger partial charge on any atom is -0.453 e. The lowest BCUT2D eigenvalue weighted by Gasteiger charge is -2.67. The molecule has 140 valence electrons. The zero-order valence-electron chi connectivity index (χ0n) is 15.3. The summed E-state index contributed by atoms with van der Waals surface area (Å²) >= 11 is 0. The second-order valence-electron chi connectivity index (χ2n) is 7.64. The third-order valence-electron chi connectivity index (χ3n) is 6.51. The molecule has 1 spiro atoms. The number of piperidine rings is 1. The summed E-state index contributed by atoms with van der Waals surface area (Å²) in [6.45, 7) is 1.34. The first-order valence-corrected chi connectivity index (χ1v) is 9.15. The van der Waals surface area contributed by atoms with E-state index in [0.717, 1.165) is 24.9 Å². The van der Waals surface area contributed by atoms with Gasteiger partial charge in [0.25, 0.3) is 5.56 Å². The molecule has 2 aromatic rings. The molecule has 2 aromatic heterocycles. The number of carbonyl (C=O) groups excluding carboxylic acids is 1. The molecule has 2 aliphatic heterocycles. The Kier molecular flexibility index (Phi) is 3.35. The molecule has 4 heterocycles. The van der Waals surface area contributed by atoms with Crippen molar-refractivity contribution in [2.24, 2.45) is 12.5 Å². The van der Waals surface area contributed by atoms with Crippen LogP contribution in [0.3, 0.4) is 0 Å². The predicted octanol–water partition coefficient (Wildman–Crippen LogP) is 1.26. The van der Waals surface area contributed by atoms with Crippen LogP contribution in [0.5, 0.6) is 0 Å². The molecule has 8 heteroatoms. The van der Waals surface area contributed by atoms with Crippen molar-refractivity contribution >= 4 is 12.0 Å². The summed E-state index contributed by atoms with van der Waals surface area (Å²) in [6, 6.07) is 5.76. The van der Waals surface area contributed by atoms with Crippen molar-refractivity contribution < 1.29 is 9.53 Å². The fourth-order valence-electron chi connectivity index (χ4n) is 5.03. The number of ether oxygens (including phenoxy) is 1. The van der Waals surface area contributed by atoms with E-state index in [1.807, 2.05) is 12.1 Å². The first-order chi connectivity index (χ1) is 13.0. The molecule has 27 heavy (non-hydrogen) atoms. The number of anilines is 1. The summed E-state index contributed by atoms with van der Waals surface area (Å²) < 4.78 is 6.52. The number of hydrogen-bond acceptors (Lipinski definition) is 6. The maximum atomic E-state index is 12.6. The number of likely N-dealkylation sites (tertiary alicyclic amines) is 1. The largest absolute Gasteiger partial charge is 0.453 e. The quantitative estimate of drug-likeness (QED) is 0.795. The molecule has 1 saturated carbocycles. The lowest BCUT2D eigenvalue weighted by Crippen LogP contribution is -2.77. The number of hydrogen-bond donors (Lipinski definition) is 0. The van der Waals surface area contributed by atoms with E-state index >= 15 is 0 Å². The highest BCUT2D eigenvalue weighted by Gasteiger charge is 2.70. The molecule has 5 rings (SSSR count). The number of nitrogens with zero attached hydrogens (tertiary/aromatic N) is 5. The van der Waals surface area contributed by atoms with E-state index in [0.29, 0.717) is 24.2 Å². The minimum absolute atomic E-state index is 0.0912. The van der Waals surface area contributed by atoms with Gasteiger partial charge in [0.2, 0.25) is 5.95 Å². The molecular weight excluding hydrogens is 346 g/mol. The molecule has 3 aliphatic rings. The van der Waals surface area contributed by atoms with E-state index in [4.69, 9.17) is 9.72 Å². The van der Waals surface area contributed by atoms with E-state index < -0.39 is 0 Å². The first kappa shape index (κ1) is 16.3. The molecule has 0 bridgehead atoms. The molecule has 0 N–H and O–H groups in total. The predicted molar refractivity (Wildman–Crippen MR) is 98.4 cm³/mol. The monoisotopic (exact) mass is 367 g/mol. The molecule has 2 saturated heterocycles. The van der Waals surface area contributed by atoms with Crippen LogP contribution in [-0.4, -0.2) is 57.8 Å². The molecule has 1 aliphatic carbocycles. The number of amides is 1. The normalized spacial score (nSPS) is 28.1. The lowest BCUT2D eigenvalue weighted by atomic mass is 9.54. The summed E-state index contributed by atoms with van der Waals surface area (Å²) in [5.74, 6) is 0.673. The van der Waals surface area contributed by atoms with Gasteiger partial charge in [-0.3, -0.25) is 14.3 Å². The summed E-state index contributed by atoms with van der Waals surface area (Å²) in [5.41, 5.74) is 1.55. The van der Waals surface area contributed by atoms with Gasteiger partial charge in [0.05, 0.1) is 18.8 Å². The molecule has 3 atom stereocenters. The number of methoxy groups -OCH3 is 1. The fourth-order valence-corrected chi connectivity index (χ4v) is 5.03. The Bertz CT molecular complexity index is 975. The van der Waals surface area contributed by atoms with Crippen molar-refractivity contribution in [3.63, 3.8) is 0 Å². The molecule has 0 radical (unpaired) electrons. The average molecular weight is 367 g/mol. The third kappa shape index (κ3) is 2.09. The standard InChI is InChI=1S/C19H21N5O3/c1-22-16(25)9-13(12-4-7-20-8-5-12)21-17(22)24-14-3-6-19(14)11-23(10-15(19)24)18(26)27-2/h4-5,7-9,14-15H,3,6,10-11H2,1-2H3/t14-,15-,19?/m0/s1. The Morgan fingerprint density at radius 2 is 2.07 bits per heavy atom. The SMILES string of the molecule is COC(=O)N1C[C@@H]2N(c3nc(-c4ccncc4)cc(=O)n3C)[C@H]3CCC32C1. The smallest absolute Gasteiger partial charge is 0.409 e. The van der Waals surface area contributed by atoms with Crippen LogP contribution in [0, 0.1) is 5.41 Å². The zero-order chi connectivity index (χ0) is 18.8. The molecule has 1 unspecified atom stereocenters. The number of pyridine rings is 1. The van der Waals surface area contributed by atoms with Crippen molar-refractivity contribution in [1.29, 1.82) is 0 Å². The maximum Gasteiger partial charge on any atom is 0.409 e. The van der Waals surface area contributed by atoms with Crippen LogP contribution in [0.1, 0.15) is 12.8 Å². The van der Waals surface area contributed by atoms with Gasteiger partial charge in [-0.05, 0) is 25.0 Å². The van der Waals surface area contributed by atoms with E-state index in [1.54, 1.807) is 35.0 Å². The summed E-state index contributed by atoms with van der Waals surface area (Å²) in [5, 5.41) is 0. The van der Waals surface area contributed by atoms with Crippen LogP contribution in [0.25, 0.3) is 11.3 Å². The number of aromatic nitrogens is 3. The topological polar surface area (TPSA) is 80.6 Å². The second kappa shape index (κ2) is 5.55. The van der Waals surface area contributed by atoms with Crippen molar-refractivity contribution in [2.45, 2.75) is 24.9 Å². The Morgan fingerprint density at radius 1 is 1.30 bits per heavy atom. The lowest BCUT2D eigenvalue weighted by molar-refractivity contribution is -0.00640. The van der Waals surface area contributed by atoms with Gasteiger partial charge in [0.1, 0.15) is 0 Å². The third-order valence-corrected chi connectivity index (χ3v) is 6.51. The van der Waals surface area contributed by atoms with E-state index in [1.165, 1.54) is 7.11 Å². The van der Waals surface area contributed by atoms with Crippen LogP contribution < -0.4 is 10.5 Å². The molecule has 1 amide bonds. The van der Waals surface area contributed by atoms with Gasteiger partial charge >= 0.3 is 6.09 Å². The van der Waals surface area contributed by atoms with Gasteiger partial charge in [-0.15, -0.1) is 0 Å². The minimum atomic E-state index is -0.281. The Labute approximate surface area is 156 Å². The molecule has 3 fully saturated rings. The Morgan fingerprint density at radius 3 is 2.74 bits per heavy atom. The number of carbonyl (C=O) groups is 1. The fraction of sp³-hybridized carbons (Fsp3) is 0.474. The van der Waals surface area contributed by atoms with Gasteiger partial charge in [0.15, 0.2) is 0 Å². The highest BCUT2D eigenvalue weighted by Crippen LogP contribution is 2.61. The Balaban J connectivity index is 1.53. The average Bonchev–Trinajstić information content (AvgIpc) is 3.07. The van der Waals surface area contributed by atoms with E-state index in [-0.39, 0.29) is 23.1 Å². The van der Waals surface area contributed by atoms with Crippen LogP contribution in [-0.2, 0) is 11.8 Å². The van der Waals surface area contributed by atoms with Crippen molar-refractivity contribution in [3.8, 4) is 11.3 Å². The van der Waals surface area contributed by atoms with Crippen LogP contribution in [0.2, 0.25) is 0 Å². The summed E-state index contributed by atoms with van der Waals surface area (Å²) in [6.07, 6.45) is 5.27. The van der Waals surface area contributed by atoms with Gasteiger partial charge in [-0.25, -0.2) is 9.78 Å². The van der Waals surface area contributed by atoms with Gasteiger partial charge in [-0.2, -0.15) is 0 Å². The molecule has 0 aromatic carbocycles. The van der Waals surface area contributed by atoms with Crippen molar-refractivity contribution in [3.05, 3.63) is 40.9 Å². The van der Waals surface area contributed by atoms with Gasteiger partial charge in [-0.1, -0.05) is 0 Å². The number of rotatable bonds is 2. The Hall–Kier alpha value is -2.90. The van der Waals surface area contributed by atoms with Gasteiger partial charge in [0, 0.05) is 55.6 Å². The highest BCUT2D eigenvalue weighted by atomic mass is 16.5. The van der Waals surface area contributed by atoms with Gasteiger partial charge < -0.3 is 14.5 Å². The first-order valence-electron chi connectivity index (χ1n) is 9.15. The second-order valence-corrected chi connectivity index (χ2v) is 7.64. The van der Waals surface area contributed by atoms with E-state index in [9.17, 15) is 9.59 Å². The van der Waals surface area contributed by atoms with Crippen LogP contribution in [0.4, 0.5) is 10.7 Å². The molecular formula is C19H21N5O3. The highest BCUT2D eigenvalue weighted by molar-refractivity contribution is 5.70.